The van der Waals surface area contributed by atoms with E-state index in [0.29, 0.717) is 22.2 Å². The van der Waals surface area contributed by atoms with Crippen LogP contribution in [0.15, 0.2) is 89.3 Å². The van der Waals surface area contributed by atoms with E-state index in [-0.39, 0.29) is 0 Å². The SMILES string of the molecule is COc1ccc(C(=O)Oc2ccc(C=NNc3nc(-c4ccccc4)cs3)cc2)cc1. The van der Waals surface area contributed by atoms with Gasteiger partial charge in [-0.3, -0.25) is 5.43 Å². The molecule has 1 N–H and O–H groups in total. The molecular weight excluding hydrogens is 410 g/mol. The average molecular weight is 430 g/mol. The summed E-state index contributed by atoms with van der Waals surface area (Å²) in [5, 5.41) is 6.92. The fourth-order valence-corrected chi connectivity index (χ4v) is 3.41. The Kier molecular flexibility index (Phi) is 6.35. The van der Waals surface area contributed by atoms with Crippen molar-refractivity contribution in [3.8, 4) is 22.8 Å². The van der Waals surface area contributed by atoms with Gasteiger partial charge in [0.2, 0.25) is 5.13 Å². The lowest BCUT2D eigenvalue weighted by Gasteiger charge is -2.05. The Hall–Kier alpha value is -3.97. The molecule has 0 aliphatic rings. The number of methoxy groups -OCH3 is 1. The van der Waals surface area contributed by atoms with E-state index in [4.69, 9.17) is 9.47 Å². The Bertz CT molecular complexity index is 1170. The van der Waals surface area contributed by atoms with Crippen LogP contribution >= 0.6 is 11.3 Å². The fourth-order valence-electron chi connectivity index (χ4n) is 2.74. The normalized spacial score (nSPS) is 10.7. The van der Waals surface area contributed by atoms with Gasteiger partial charge in [0.1, 0.15) is 11.5 Å². The Balaban J connectivity index is 1.32. The number of carbonyl (C=O) groups is 1. The third kappa shape index (κ3) is 5.34. The fraction of sp³-hybridized carbons (Fsp3) is 0.0417. The highest BCUT2D eigenvalue weighted by Crippen LogP contribution is 2.24. The largest absolute Gasteiger partial charge is 0.497 e. The van der Waals surface area contributed by atoms with Gasteiger partial charge in [-0.2, -0.15) is 5.10 Å². The number of hydrogen-bond acceptors (Lipinski definition) is 7. The molecule has 7 heteroatoms. The molecule has 0 bridgehead atoms. The lowest BCUT2D eigenvalue weighted by atomic mass is 10.2. The highest BCUT2D eigenvalue weighted by Gasteiger charge is 2.08. The number of hydrazone groups is 1. The summed E-state index contributed by atoms with van der Waals surface area (Å²) in [6, 6.07) is 23.8. The van der Waals surface area contributed by atoms with Gasteiger partial charge in [-0.1, -0.05) is 30.3 Å². The first-order valence-electron chi connectivity index (χ1n) is 9.47. The molecule has 6 nitrogen and oxygen atoms in total. The second kappa shape index (κ2) is 9.69. The van der Waals surface area contributed by atoms with Crippen LogP contribution in [0.1, 0.15) is 15.9 Å². The van der Waals surface area contributed by atoms with Gasteiger partial charge in [-0.15, -0.1) is 11.3 Å². The van der Waals surface area contributed by atoms with Gasteiger partial charge < -0.3 is 9.47 Å². The first-order valence-corrected chi connectivity index (χ1v) is 10.4. The van der Waals surface area contributed by atoms with Crippen molar-refractivity contribution in [1.29, 1.82) is 0 Å². The molecule has 3 aromatic carbocycles. The molecule has 1 heterocycles. The van der Waals surface area contributed by atoms with Crippen LogP contribution < -0.4 is 14.9 Å². The van der Waals surface area contributed by atoms with E-state index >= 15 is 0 Å². The van der Waals surface area contributed by atoms with Crippen molar-refractivity contribution in [1.82, 2.24) is 4.98 Å². The maximum Gasteiger partial charge on any atom is 0.343 e. The number of thiazole rings is 1. The number of ether oxygens (including phenoxy) is 2. The second-order valence-electron chi connectivity index (χ2n) is 6.46. The van der Waals surface area contributed by atoms with E-state index < -0.39 is 5.97 Å². The third-order valence-corrected chi connectivity index (χ3v) is 5.11. The molecule has 0 amide bonds. The Labute approximate surface area is 183 Å². The lowest BCUT2D eigenvalue weighted by molar-refractivity contribution is 0.0734. The molecule has 0 aliphatic carbocycles. The van der Waals surface area contributed by atoms with E-state index in [2.05, 4.69) is 15.5 Å². The summed E-state index contributed by atoms with van der Waals surface area (Å²) in [6.07, 6.45) is 1.68. The third-order valence-electron chi connectivity index (χ3n) is 4.36. The average Bonchev–Trinajstić information content (AvgIpc) is 3.30. The molecule has 1 aromatic heterocycles. The number of anilines is 1. The molecule has 0 unspecified atom stereocenters. The molecule has 0 atom stereocenters. The highest BCUT2D eigenvalue weighted by atomic mass is 32.1. The van der Waals surface area contributed by atoms with Gasteiger partial charge in [0, 0.05) is 10.9 Å². The highest BCUT2D eigenvalue weighted by molar-refractivity contribution is 7.14. The topological polar surface area (TPSA) is 72.8 Å². The zero-order chi connectivity index (χ0) is 21.5. The van der Waals surface area contributed by atoms with E-state index in [1.807, 2.05) is 47.8 Å². The van der Waals surface area contributed by atoms with Crippen molar-refractivity contribution < 1.29 is 14.3 Å². The van der Waals surface area contributed by atoms with Crippen LogP contribution in [0.5, 0.6) is 11.5 Å². The quantitative estimate of drug-likeness (QED) is 0.182. The van der Waals surface area contributed by atoms with Crippen LogP contribution in [0.3, 0.4) is 0 Å². The standard InChI is InChI=1S/C24H19N3O3S/c1-29-20-13-9-19(10-14-20)23(28)30-21-11-7-17(8-12-21)15-25-27-24-26-22(16-31-24)18-5-3-2-4-6-18/h2-16H,1H3,(H,26,27). The first kappa shape index (κ1) is 20.3. The predicted octanol–water partition coefficient (Wildman–Crippen LogP) is 5.48. The van der Waals surface area contributed by atoms with Crippen molar-refractivity contribution in [2.45, 2.75) is 0 Å². The van der Waals surface area contributed by atoms with Gasteiger partial charge in [0.15, 0.2) is 0 Å². The summed E-state index contributed by atoms with van der Waals surface area (Å²) < 4.78 is 10.5. The van der Waals surface area contributed by atoms with Gasteiger partial charge in [0.05, 0.1) is 24.6 Å². The molecule has 0 aliphatic heterocycles. The lowest BCUT2D eigenvalue weighted by Crippen LogP contribution is -2.08. The van der Waals surface area contributed by atoms with Crippen LogP contribution in [0.4, 0.5) is 5.13 Å². The Morgan fingerprint density at radius 3 is 2.39 bits per heavy atom. The molecule has 0 fully saturated rings. The number of rotatable bonds is 7. The van der Waals surface area contributed by atoms with Crippen LogP contribution in [0.25, 0.3) is 11.3 Å². The van der Waals surface area contributed by atoms with E-state index in [9.17, 15) is 4.79 Å². The van der Waals surface area contributed by atoms with Crippen molar-refractivity contribution >= 4 is 28.7 Å². The maximum absolute atomic E-state index is 12.2. The smallest absolute Gasteiger partial charge is 0.343 e. The van der Waals surface area contributed by atoms with Crippen molar-refractivity contribution in [2.75, 3.05) is 12.5 Å². The summed E-state index contributed by atoms with van der Waals surface area (Å²) in [4.78, 5) is 16.8. The van der Waals surface area contributed by atoms with Crippen LogP contribution in [-0.2, 0) is 0 Å². The molecule has 4 aromatic rings. The zero-order valence-electron chi connectivity index (χ0n) is 16.7. The first-order chi connectivity index (χ1) is 15.2. The number of hydrogen-bond donors (Lipinski definition) is 1. The number of nitrogens with one attached hydrogen (secondary N) is 1. The minimum Gasteiger partial charge on any atom is -0.497 e. The van der Waals surface area contributed by atoms with E-state index in [1.54, 1.807) is 49.7 Å². The zero-order valence-corrected chi connectivity index (χ0v) is 17.5. The number of aromatic nitrogens is 1. The minimum absolute atomic E-state index is 0.427. The van der Waals surface area contributed by atoms with Crippen molar-refractivity contribution in [3.05, 3.63) is 95.4 Å². The second-order valence-corrected chi connectivity index (χ2v) is 7.32. The number of esters is 1. The van der Waals surface area contributed by atoms with Crippen LogP contribution in [-0.4, -0.2) is 24.3 Å². The minimum atomic E-state index is -0.427. The van der Waals surface area contributed by atoms with Gasteiger partial charge in [-0.05, 0) is 54.1 Å². The monoisotopic (exact) mass is 429 g/mol. The van der Waals surface area contributed by atoms with Crippen molar-refractivity contribution in [3.63, 3.8) is 0 Å². The summed E-state index contributed by atoms with van der Waals surface area (Å²) in [5.74, 6) is 0.713. The maximum atomic E-state index is 12.2. The van der Waals surface area contributed by atoms with Gasteiger partial charge in [-0.25, -0.2) is 9.78 Å². The van der Waals surface area contributed by atoms with Gasteiger partial charge in [0.25, 0.3) is 0 Å². The number of carbonyl (C=O) groups excluding carboxylic acids is 1. The van der Waals surface area contributed by atoms with E-state index in [1.165, 1.54) is 11.3 Å². The Morgan fingerprint density at radius 2 is 1.68 bits per heavy atom. The number of benzene rings is 3. The summed E-state index contributed by atoms with van der Waals surface area (Å²) in [7, 11) is 1.58. The van der Waals surface area contributed by atoms with Gasteiger partial charge >= 0.3 is 5.97 Å². The molecule has 31 heavy (non-hydrogen) atoms. The Morgan fingerprint density at radius 1 is 0.968 bits per heavy atom. The van der Waals surface area contributed by atoms with Crippen LogP contribution in [0, 0.1) is 0 Å². The van der Waals surface area contributed by atoms with Crippen LogP contribution in [0.2, 0.25) is 0 Å². The molecule has 0 spiro atoms. The summed E-state index contributed by atoms with van der Waals surface area (Å²) in [6.45, 7) is 0. The number of nitrogens with zero attached hydrogens (tertiary/aromatic N) is 2. The molecule has 0 radical (unpaired) electrons. The molecule has 4 rings (SSSR count). The molecule has 154 valence electrons. The summed E-state index contributed by atoms with van der Waals surface area (Å²) in [5.41, 5.74) is 6.23. The molecule has 0 saturated carbocycles. The molecule has 0 saturated heterocycles. The summed E-state index contributed by atoms with van der Waals surface area (Å²) >= 11 is 1.49. The predicted molar refractivity (Wildman–Crippen MR) is 123 cm³/mol. The molecular formula is C24H19N3O3S. The van der Waals surface area contributed by atoms with E-state index in [0.717, 1.165) is 16.8 Å². The van der Waals surface area contributed by atoms with Crippen molar-refractivity contribution in [2.24, 2.45) is 5.10 Å².